The fraction of sp³-hybridized carbons (Fsp3) is 0.189. The first-order valence-electron chi connectivity index (χ1n) is 23.1. The monoisotopic (exact) mass is 1050 g/mol. The predicted molar refractivity (Wildman–Crippen MR) is 250 cm³/mol. The number of rotatable bonds is 5. The third-order valence-corrected chi connectivity index (χ3v) is 15.4. The Bertz CT molecular complexity index is 3540. The van der Waals surface area contributed by atoms with Crippen molar-refractivity contribution in [3.05, 3.63) is 161 Å². The molecule has 0 N–H and O–H groups in total. The fourth-order valence-corrected chi connectivity index (χ4v) is 11.2. The number of halogens is 1. The second-order valence-corrected chi connectivity index (χ2v) is 27.3. The van der Waals surface area contributed by atoms with E-state index in [0.29, 0.717) is 11.3 Å². The number of pyridine rings is 2. The summed E-state index contributed by atoms with van der Waals surface area (Å²) in [6, 6.07) is 42.3. The maximum Gasteiger partial charge on any atom is 0 e. The van der Waals surface area contributed by atoms with Crippen LogP contribution in [0.2, 0.25) is 17.3 Å². The summed E-state index contributed by atoms with van der Waals surface area (Å²) in [4.78, 5) is 14.1. The number of aromatic nitrogens is 4. The first-order valence-corrected chi connectivity index (χ1v) is 27.4. The summed E-state index contributed by atoms with van der Waals surface area (Å²) in [5, 5.41) is 7.06. The Morgan fingerprint density at radius 3 is 2.18 bits per heavy atom. The molecule has 10 rings (SSSR count). The number of hydrogen-bond acceptors (Lipinski definition) is 4. The van der Waals surface area contributed by atoms with Gasteiger partial charge in [-0.25, -0.2) is 4.98 Å². The van der Waals surface area contributed by atoms with Crippen molar-refractivity contribution < 1.29 is 37.1 Å². The zero-order valence-electron chi connectivity index (χ0n) is 41.0. The minimum Gasteiger partial charge on any atom is 0 e. The summed E-state index contributed by atoms with van der Waals surface area (Å²) in [6.45, 7) is 3.70. The third kappa shape index (κ3) is 7.51. The van der Waals surface area contributed by atoms with Gasteiger partial charge in [0.25, 0.3) is 0 Å². The first kappa shape index (κ1) is 35.2. The Hall–Kier alpha value is -5.47. The van der Waals surface area contributed by atoms with E-state index in [4.69, 9.17) is 17.6 Å². The van der Waals surface area contributed by atoms with E-state index in [1.807, 2.05) is 30.3 Å². The molecule has 0 fully saturated rings. The van der Waals surface area contributed by atoms with Gasteiger partial charge in [-0.3, -0.25) is 4.98 Å². The van der Waals surface area contributed by atoms with Crippen molar-refractivity contribution in [2.75, 3.05) is 0 Å². The van der Waals surface area contributed by atoms with E-state index >= 15 is 0 Å². The maximum absolute atomic E-state index is 14.7. The molecule has 8 heteroatoms. The molecule has 0 aliphatic carbocycles. The summed E-state index contributed by atoms with van der Waals surface area (Å²) in [5.41, 5.74) is 8.49. The molecule has 61 heavy (non-hydrogen) atoms. The molecule has 0 aliphatic rings. The third-order valence-electron chi connectivity index (χ3n) is 11.1. The van der Waals surface area contributed by atoms with Gasteiger partial charge in [-0.15, -0.1) is 17.7 Å². The molecular weight excluding hydrogens is 992 g/mol. The Balaban J connectivity index is 0.000000203. The van der Waals surface area contributed by atoms with Crippen LogP contribution in [0.3, 0.4) is 0 Å². The van der Waals surface area contributed by atoms with Crippen molar-refractivity contribution in [1.29, 1.82) is 0 Å². The smallest absolute Gasteiger partial charge is 0 e. The van der Waals surface area contributed by atoms with E-state index in [-0.39, 0.29) is 42.8 Å². The predicted octanol–water partition coefficient (Wildman–Crippen LogP) is 13.7. The normalized spacial score (nSPS) is 13.7. The van der Waals surface area contributed by atoms with Crippen LogP contribution in [0.5, 0.6) is 0 Å². The molecule has 6 aromatic carbocycles. The van der Waals surface area contributed by atoms with Crippen molar-refractivity contribution in [3.8, 4) is 28.3 Å². The van der Waals surface area contributed by atoms with Crippen LogP contribution >= 0.6 is 0 Å². The van der Waals surface area contributed by atoms with E-state index in [0.717, 1.165) is 54.9 Å². The van der Waals surface area contributed by atoms with Crippen LogP contribution in [-0.2, 0) is 20.1 Å². The minimum absolute atomic E-state index is 0. The zero-order valence-corrected chi connectivity index (χ0v) is 39.4. The Morgan fingerprint density at radius 2 is 1.46 bits per heavy atom. The van der Waals surface area contributed by atoms with Gasteiger partial charge in [0.05, 0.1) is 28.1 Å². The molecule has 4 aromatic heterocycles. The van der Waals surface area contributed by atoms with Crippen molar-refractivity contribution in [3.63, 3.8) is 0 Å². The number of para-hydroxylation sites is 2. The zero-order chi connectivity index (χ0) is 47.0. The summed E-state index contributed by atoms with van der Waals surface area (Å²) < 4.78 is 69.6. The molecule has 10 aromatic rings. The molecule has 0 saturated carbocycles. The van der Waals surface area contributed by atoms with Crippen LogP contribution in [0.1, 0.15) is 55.9 Å². The summed E-state index contributed by atoms with van der Waals surface area (Å²) in [6.07, 6.45) is 1.49. The standard InChI is InChI=1S/C37H28N3O.C16H19FGeN.Ir/c1-21(2)33-27-13-7-5-11-25(27)26-12-6-8-14-28(26)35(33)40-31-16-10-9-15-30(31)39-36(40)24-17-18-29-32(20-24)41-37-34(29)22(3)19-23(4)38-37;1-11-7-6-8-13(16(11)17)15-9-12(2)14(10-19-15)18(3,4)5;/h5-19,21H,1-4H3;6-7,9-10H,1-5H3;/q2*-1;/i;1D3,2D3;. The van der Waals surface area contributed by atoms with Crippen LogP contribution in [0, 0.1) is 45.5 Å². The number of fused-ring (bicyclic) bond motifs is 7. The first-order chi connectivity index (χ1) is 31.2. The van der Waals surface area contributed by atoms with Crippen LogP contribution < -0.4 is 4.40 Å². The number of nitrogens with zero attached hydrogens (tertiary/aromatic N) is 4. The average Bonchev–Trinajstić information content (AvgIpc) is 3.83. The van der Waals surface area contributed by atoms with Gasteiger partial charge in [0.15, 0.2) is 0 Å². The fourth-order valence-electron chi connectivity index (χ4n) is 8.45. The Labute approximate surface area is 381 Å². The van der Waals surface area contributed by atoms with E-state index < -0.39 is 38.4 Å². The summed E-state index contributed by atoms with van der Waals surface area (Å²) >= 11 is -2.52. The van der Waals surface area contributed by atoms with E-state index in [9.17, 15) is 4.39 Å². The SMILES string of the molecule is Cc1cc(C)c2c(n1)oc1[c-]c(-c3nc4ccccc4n3-c3c(C(C)C)c4ccccc4c4ccccc34)ccc12.[2H]C([2H])([2H])c1cc(-c2[c-]ccc(C([2H])([2H])[2H])c2F)nc[c]1[Ge]([CH3])([CH3])[CH3].[Ir]. The molecule has 0 bridgehead atoms. The number of furan rings is 1. The average molecular weight is 1050 g/mol. The van der Waals surface area contributed by atoms with Crippen molar-refractivity contribution >= 4 is 72.3 Å². The van der Waals surface area contributed by atoms with E-state index in [2.05, 4.69) is 132 Å². The van der Waals surface area contributed by atoms with Gasteiger partial charge in [0.1, 0.15) is 0 Å². The van der Waals surface area contributed by atoms with Crippen LogP contribution in [0.25, 0.3) is 83.0 Å². The summed E-state index contributed by atoms with van der Waals surface area (Å²) in [5.74, 6) is 6.33. The molecule has 0 amide bonds. The van der Waals surface area contributed by atoms with Gasteiger partial charge in [-0.2, -0.15) is 0 Å². The van der Waals surface area contributed by atoms with Crippen LogP contribution in [-0.4, -0.2) is 32.8 Å². The molecule has 5 nitrogen and oxygen atoms in total. The van der Waals surface area contributed by atoms with Gasteiger partial charge < -0.3 is 8.98 Å². The van der Waals surface area contributed by atoms with Gasteiger partial charge in [0, 0.05) is 36.6 Å². The molecule has 4 heterocycles. The second kappa shape index (κ2) is 16.4. The van der Waals surface area contributed by atoms with Gasteiger partial charge in [0.2, 0.25) is 5.71 Å². The second-order valence-electron chi connectivity index (χ2n) is 16.7. The molecule has 0 spiro atoms. The largest absolute Gasteiger partial charge is 0 e. The van der Waals surface area contributed by atoms with E-state index in [1.165, 1.54) is 51.1 Å². The molecule has 0 unspecified atom stereocenters. The van der Waals surface area contributed by atoms with Crippen molar-refractivity contribution in [2.24, 2.45) is 0 Å². The number of benzene rings is 6. The van der Waals surface area contributed by atoms with Gasteiger partial charge in [-0.1, -0.05) is 86.0 Å². The Kier molecular flexibility index (Phi) is 9.47. The van der Waals surface area contributed by atoms with Gasteiger partial charge in [-0.05, 0) is 65.3 Å². The minimum atomic E-state index is -2.61. The van der Waals surface area contributed by atoms with Crippen molar-refractivity contribution in [2.45, 2.75) is 64.6 Å². The van der Waals surface area contributed by atoms with Crippen molar-refractivity contribution in [1.82, 2.24) is 19.5 Å². The molecule has 0 atom stereocenters. The summed E-state index contributed by atoms with van der Waals surface area (Å²) in [7, 11) is 0. The topological polar surface area (TPSA) is 56.7 Å². The van der Waals surface area contributed by atoms with E-state index in [1.54, 1.807) is 0 Å². The van der Waals surface area contributed by atoms with Crippen LogP contribution in [0.15, 0.2) is 120 Å². The molecular formula is C53H47FGeIrN4O-2. The van der Waals surface area contributed by atoms with Gasteiger partial charge >= 0.3 is 125 Å². The molecule has 0 saturated heterocycles. The number of hydrogen-bond donors (Lipinski definition) is 0. The number of aryl methyl sites for hydroxylation is 4. The quantitative estimate of drug-likeness (QED) is 0.0979. The molecule has 0 aliphatic heterocycles. The van der Waals surface area contributed by atoms with Crippen LogP contribution in [0.4, 0.5) is 4.39 Å². The maximum atomic E-state index is 14.7. The Morgan fingerprint density at radius 1 is 0.770 bits per heavy atom. The number of imidazole rings is 1. The molecule has 1 radical (unpaired) electrons. The molecule has 307 valence electrons.